The second kappa shape index (κ2) is 10.3. The van der Waals surface area contributed by atoms with Crippen molar-refractivity contribution in [2.24, 2.45) is 10.4 Å². The van der Waals surface area contributed by atoms with Crippen LogP contribution >= 0.6 is 0 Å². The van der Waals surface area contributed by atoms with Crippen LogP contribution in [0.1, 0.15) is 68.3 Å². The van der Waals surface area contributed by atoms with E-state index in [0.29, 0.717) is 24.3 Å². The van der Waals surface area contributed by atoms with E-state index >= 15 is 0 Å². The highest BCUT2D eigenvalue weighted by atomic mass is 16.5. The van der Waals surface area contributed by atoms with Crippen LogP contribution in [0.4, 0.5) is 0 Å². The summed E-state index contributed by atoms with van der Waals surface area (Å²) in [5, 5.41) is 7.12. The van der Waals surface area contributed by atoms with E-state index in [4.69, 9.17) is 9.73 Å². The molecule has 1 aromatic rings. The van der Waals surface area contributed by atoms with Crippen molar-refractivity contribution in [1.29, 1.82) is 0 Å². The first-order valence-corrected chi connectivity index (χ1v) is 11.5. The fraction of sp³-hybridized carbons (Fsp3) is 0.667. The molecule has 166 valence electrons. The number of guanidine groups is 1. The Morgan fingerprint density at radius 2 is 1.87 bits per heavy atom. The van der Waals surface area contributed by atoms with Gasteiger partial charge in [0.2, 0.25) is 0 Å². The van der Waals surface area contributed by atoms with Gasteiger partial charge in [-0.2, -0.15) is 0 Å². The number of carbonyl (C=O) groups excluding carboxylic acids is 1. The van der Waals surface area contributed by atoms with Gasteiger partial charge in [-0.3, -0.25) is 4.79 Å². The van der Waals surface area contributed by atoms with Gasteiger partial charge in [0.25, 0.3) is 5.91 Å². The normalized spacial score (nSPS) is 23.0. The smallest absolute Gasteiger partial charge is 0.253 e. The summed E-state index contributed by atoms with van der Waals surface area (Å²) in [5.74, 6) is 0.891. The van der Waals surface area contributed by atoms with Crippen LogP contribution in [0.3, 0.4) is 0 Å². The quantitative estimate of drug-likeness (QED) is 0.529. The minimum absolute atomic E-state index is 0.0201. The highest BCUT2D eigenvalue weighted by Crippen LogP contribution is 2.53. The Morgan fingerprint density at radius 1 is 1.17 bits per heavy atom. The third-order valence-corrected chi connectivity index (χ3v) is 6.62. The van der Waals surface area contributed by atoms with Gasteiger partial charge in [-0.15, -0.1) is 0 Å². The topological polar surface area (TPSA) is 66.0 Å². The Hall–Kier alpha value is -2.08. The molecule has 2 aliphatic rings. The summed E-state index contributed by atoms with van der Waals surface area (Å²) in [6.07, 6.45) is 7.87. The van der Waals surface area contributed by atoms with Crippen molar-refractivity contribution in [3.8, 4) is 0 Å². The largest absolute Gasteiger partial charge is 0.378 e. The third kappa shape index (κ3) is 4.97. The fourth-order valence-electron chi connectivity index (χ4n) is 4.93. The van der Waals surface area contributed by atoms with Crippen molar-refractivity contribution in [1.82, 2.24) is 15.5 Å². The number of nitrogens with one attached hydrogen (secondary N) is 2. The summed E-state index contributed by atoms with van der Waals surface area (Å²) in [5.41, 5.74) is 2.06. The van der Waals surface area contributed by atoms with Gasteiger partial charge >= 0.3 is 0 Å². The van der Waals surface area contributed by atoms with Gasteiger partial charge in [0, 0.05) is 44.3 Å². The molecule has 0 heterocycles. The van der Waals surface area contributed by atoms with E-state index in [-0.39, 0.29) is 11.3 Å². The maximum Gasteiger partial charge on any atom is 0.253 e. The predicted molar refractivity (Wildman–Crippen MR) is 122 cm³/mol. The average molecular weight is 415 g/mol. The molecular formula is C24H38N4O2. The molecule has 30 heavy (non-hydrogen) atoms. The standard InChI is InChI=1S/C24H38N4O2/c1-5-25-23(26-17-18-10-12-19(13-11-18)22(29)28(3)4)27-20-16-21(30-6-2)24(20)14-8-7-9-15-24/h10-13,20-21H,5-9,14-17H2,1-4H3,(H2,25,26,27). The first-order valence-electron chi connectivity index (χ1n) is 11.5. The van der Waals surface area contributed by atoms with Gasteiger partial charge in [-0.25, -0.2) is 4.99 Å². The molecule has 2 unspecified atom stereocenters. The van der Waals surface area contributed by atoms with Crippen molar-refractivity contribution in [3.63, 3.8) is 0 Å². The van der Waals surface area contributed by atoms with Crippen LogP contribution in [0.5, 0.6) is 0 Å². The van der Waals surface area contributed by atoms with E-state index in [9.17, 15) is 4.79 Å². The average Bonchev–Trinajstić information content (AvgIpc) is 2.77. The molecule has 6 nitrogen and oxygen atoms in total. The molecule has 0 saturated heterocycles. The fourth-order valence-corrected chi connectivity index (χ4v) is 4.93. The third-order valence-electron chi connectivity index (χ3n) is 6.62. The Kier molecular flexibility index (Phi) is 7.75. The summed E-state index contributed by atoms with van der Waals surface area (Å²) < 4.78 is 6.09. The number of hydrogen-bond acceptors (Lipinski definition) is 3. The Morgan fingerprint density at radius 3 is 2.47 bits per heavy atom. The highest BCUT2D eigenvalue weighted by molar-refractivity contribution is 5.93. The van der Waals surface area contributed by atoms with Gasteiger partial charge in [0.05, 0.1) is 12.6 Å². The predicted octanol–water partition coefficient (Wildman–Crippen LogP) is 3.57. The molecule has 0 aliphatic heterocycles. The van der Waals surface area contributed by atoms with Crippen molar-refractivity contribution >= 4 is 11.9 Å². The molecule has 2 aliphatic carbocycles. The van der Waals surface area contributed by atoms with Crippen LogP contribution in [0.2, 0.25) is 0 Å². The van der Waals surface area contributed by atoms with E-state index in [2.05, 4.69) is 24.5 Å². The number of benzene rings is 1. The van der Waals surface area contributed by atoms with E-state index < -0.39 is 0 Å². The van der Waals surface area contributed by atoms with Crippen LogP contribution < -0.4 is 10.6 Å². The molecule has 2 fully saturated rings. The molecule has 0 bridgehead atoms. The van der Waals surface area contributed by atoms with Crippen LogP contribution in [-0.2, 0) is 11.3 Å². The van der Waals surface area contributed by atoms with Gasteiger partial charge in [-0.1, -0.05) is 31.4 Å². The minimum atomic E-state index is 0.0201. The second-order valence-electron chi connectivity index (χ2n) is 8.76. The van der Waals surface area contributed by atoms with Crippen LogP contribution in [-0.4, -0.2) is 56.2 Å². The summed E-state index contributed by atoms with van der Waals surface area (Å²) in [7, 11) is 3.54. The zero-order chi connectivity index (χ0) is 21.6. The van der Waals surface area contributed by atoms with Crippen LogP contribution in [0.15, 0.2) is 29.3 Å². The molecule has 1 amide bonds. The molecular weight excluding hydrogens is 376 g/mol. The number of aliphatic imine (C=N–C) groups is 1. The molecule has 6 heteroatoms. The summed E-state index contributed by atoms with van der Waals surface area (Å²) in [6.45, 7) is 6.40. The molecule has 2 saturated carbocycles. The summed E-state index contributed by atoms with van der Waals surface area (Å²) >= 11 is 0. The van der Waals surface area contributed by atoms with Crippen LogP contribution in [0.25, 0.3) is 0 Å². The lowest BCUT2D eigenvalue weighted by molar-refractivity contribution is -0.145. The number of nitrogens with zero attached hydrogens (tertiary/aromatic N) is 2. The SMILES string of the molecule is CCNC(=NCc1ccc(C(=O)N(C)C)cc1)NC1CC(OCC)C12CCCCC2. The van der Waals surface area contributed by atoms with E-state index in [0.717, 1.165) is 31.1 Å². The van der Waals surface area contributed by atoms with Crippen molar-refractivity contribution in [2.75, 3.05) is 27.2 Å². The van der Waals surface area contributed by atoms with Crippen LogP contribution in [0, 0.1) is 5.41 Å². The molecule has 2 atom stereocenters. The summed E-state index contributed by atoms with van der Waals surface area (Å²) in [4.78, 5) is 18.5. The van der Waals surface area contributed by atoms with E-state index in [1.165, 1.54) is 32.1 Å². The van der Waals surface area contributed by atoms with E-state index in [1.54, 1.807) is 19.0 Å². The molecule has 3 rings (SSSR count). The molecule has 2 N–H and O–H groups in total. The Bertz CT molecular complexity index is 723. The number of rotatable bonds is 7. The zero-order valence-electron chi connectivity index (χ0n) is 19.0. The number of ether oxygens (including phenoxy) is 1. The summed E-state index contributed by atoms with van der Waals surface area (Å²) in [6, 6.07) is 8.15. The maximum absolute atomic E-state index is 12.1. The lowest BCUT2D eigenvalue weighted by atomic mass is 9.55. The number of carbonyl (C=O) groups is 1. The first kappa shape index (κ1) is 22.6. The minimum Gasteiger partial charge on any atom is -0.378 e. The van der Waals surface area contributed by atoms with Gasteiger partial charge < -0.3 is 20.3 Å². The van der Waals surface area contributed by atoms with Crippen molar-refractivity contribution < 1.29 is 9.53 Å². The second-order valence-corrected chi connectivity index (χ2v) is 8.76. The van der Waals surface area contributed by atoms with Gasteiger partial charge in [-0.05, 0) is 50.8 Å². The zero-order valence-corrected chi connectivity index (χ0v) is 19.0. The van der Waals surface area contributed by atoms with Gasteiger partial charge in [0.15, 0.2) is 5.96 Å². The van der Waals surface area contributed by atoms with E-state index in [1.807, 2.05) is 24.3 Å². The molecule has 0 aromatic heterocycles. The van der Waals surface area contributed by atoms with Crippen molar-refractivity contribution in [2.45, 2.75) is 71.1 Å². The molecule has 1 aromatic carbocycles. The maximum atomic E-state index is 12.1. The number of hydrogen-bond donors (Lipinski definition) is 2. The van der Waals surface area contributed by atoms with Crippen molar-refractivity contribution in [3.05, 3.63) is 35.4 Å². The number of amides is 1. The Balaban J connectivity index is 1.65. The first-order chi connectivity index (χ1) is 14.5. The molecule has 0 radical (unpaired) electrons. The molecule has 1 spiro atoms. The lowest BCUT2D eigenvalue weighted by Crippen LogP contribution is -2.66. The monoisotopic (exact) mass is 414 g/mol. The Labute approximate surface area is 181 Å². The van der Waals surface area contributed by atoms with Gasteiger partial charge in [0.1, 0.15) is 0 Å². The highest BCUT2D eigenvalue weighted by Gasteiger charge is 2.55. The lowest BCUT2D eigenvalue weighted by Gasteiger charge is -2.58.